The molecule has 2 N–H and O–H groups in total. The van der Waals surface area contributed by atoms with Gasteiger partial charge in [0.05, 0.1) is 5.75 Å². The average Bonchev–Trinajstić information content (AvgIpc) is 2.46. The summed E-state index contributed by atoms with van der Waals surface area (Å²) in [6, 6.07) is 8.58. The van der Waals surface area contributed by atoms with Crippen LogP contribution < -0.4 is 5.14 Å². The van der Waals surface area contributed by atoms with Crippen molar-refractivity contribution < 1.29 is 8.42 Å². The van der Waals surface area contributed by atoms with Crippen molar-refractivity contribution in [3.8, 4) is 0 Å². The molecule has 6 heteroatoms. The molecule has 5 nitrogen and oxygen atoms in total. The van der Waals surface area contributed by atoms with Gasteiger partial charge in [-0.1, -0.05) is 31.2 Å². The second-order valence-corrected chi connectivity index (χ2v) is 7.34. The molecule has 1 heterocycles. The number of aryl methyl sites for hydroxylation is 1. The first-order valence-corrected chi connectivity index (χ1v) is 9.21. The van der Waals surface area contributed by atoms with Crippen molar-refractivity contribution in [2.75, 3.05) is 38.5 Å². The minimum absolute atomic E-state index is 0.0473. The second-order valence-electron chi connectivity index (χ2n) is 5.61. The predicted octanol–water partition coefficient (Wildman–Crippen LogP) is 0.655. The number of rotatable bonds is 6. The van der Waals surface area contributed by atoms with Gasteiger partial charge in [0.1, 0.15) is 0 Å². The van der Waals surface area contributed by atoms with Crippen LogP contribution in [0.15, 0.2) is 24.3 Å². The fraction of sp³-hybridized carbons (Fsp3) is 0.600. The molecule has 2 rings (SSSR count). The Bertz CT molecular complexity index is 552. The fourth-order valence-corrected chi connectivity index (χ4v) is 3.24. The third-order valence-corrected chi connectivity index (χ3v) is 4.80. The zero-order chi connectivity index (χ0) is 15.3. The molecule has 118 valence electrons. The number of sulfonamides is 1. The van der Waals surface area contributed by atoms with E-state index in [-0.39, 0.29) is 5.75 Å². The standard InChI is InChI=1S/C15H25N3O2S/c1-2-14-5-3-4-6-15(14)13-18-9-7-17(8-10-18)11-12-21(16,19)20/h3-6H,2,7-13H2,1H3,(H2,16,19,20). The molecule has 1 saturated heterocycles. The first-order chi connectivity index (χ1) is 9.98. The maximum Gasteiger partial charge on any atom is 0.210 e. The molecule has 1 fully saturated rings. The van der Waals surface area contributed by atoms with E-state index in [1.807, 2.05) is 0 Å². The Morgan fingerprint density at radius 2 is 1.62 bits per heavy atom. The van der Waals surface area contributed by atoms with Gasteiger partial charge in [0.15, 0.2) is 0 Å². The molecule has 1 aliphatic heterocycles. The lowest BCUT2D eigenvalue weighted by Gasteiger charge is -2.34. The van der Waals surface area contributed by atoms with Crippen LogP contribution in [0.4, 0.5) is 0 Å². The summed E-state index contributed by atoms with van der Waals surface area (Å²) in [6.45, 7) is 7.47. The van der Waals surface area contributed by atoms with E-state index >= 15 is 0 Å². The molecule has 0 aliphatic carbocycles. The van der Waals surface area contributed by atoms with Gasteiger partial charge < -0.3 is 0 Å². The molecule has 0 radical (unpaired) electrons. The van der Waals surface area contributed by atoms with Crippen molar-refractivity contribution in [2.24, 2.45) is 5.14 Å². The van der Waals surface area contributed by atoms with Crippen molar-refractivity contribution in [3.05, 3.63) is 35.4 Å². The number of piperazine rings is 1. The van der Waals surface area contributed by atoms with Gasteiger partial charge >= 0.3 is 0 Å². The monoisotopic (exact) mass is 311 g/mol. The van der Waals surface area contributed by atoms with E-state index < -0.39 is 10.0 Å². The van der Waals surface area contributed by atoms with Gasteiger partial charge in [0, 0.05) is 39.3 Å². The summed E-state index contributed by atoms with van der Waals surface area (Å²) in [5, 5.41) is 5.05. The summed E-state index contributed by atoms with van der Waals surface area (Å²) in [5.41, 5.74) is 2.81. The Hall–Kier alpha value is -0.950. The number of benzene rings is 1. The van der Waals surface area contributed by atoms with Crippen LogP contribution in [0.5, 0.6) is 0 Å². The van der Waals surface area contributed by atoms with Crippen LogP contribution in [0.3, 0.4) is 0 Å². The van der Waals surface area contributed by atoms with Crippen molar-refractivity contribution in [1.29, 1.82) is 0 Å². The Morgan fingerprint density at radius 3 is 2.19 bits per heavy atom. The zero-order valence-electron chi connectivity index (χ0n) is 12.7. The van der Waals surface area contributed by atoms with Gasteiger partial charge in [0.25, 0.3) is 0 Å². The van der Waals surface area contributed by atoms with Crippen molar-refractivity contribution >= 4 is 10.0 Å². The van der Waals surface area contributed by atoms with Crippen molar-refractivity contribution in [2.45, 2.75) is 19.9 Å². The van der Waals surface area contributed by atoms with Crippen LogP contribution in [0.25, 0.3) is 0 Å². The third kappa shape index (κ3) is 5.39. The van der Waals surface area contributed by atoms with Crippen LogP contribution in [-0.4, -0.2) is 56.7 Å². The van der Waals surface area contributed by atoms with Gasteiger partial charge in [-0.25, -0.2) is 13.6 Å². The molecular formula is C15H25N3O2S. The molecule has 0 amide bonds. The van der Waals surface area contributed by atoms with Gasteiger partial charge in [-0.3, -0.25) is 9.80 Å². The van der Waals surface area contributed by atoms with E-state index in [1.54, 1.807) is 0 Å². The highest BCUT2D eigenvalue weighted by Gasteiger charge is 2.18. The molecule has 0 saturated carbocycles. The molecule has 1 aromatic carbocycles. The lowest BCUT2D eigenvalue weighted by molar-refractivity contribution is 0.132. The maximum absolute atomic E-state index is 11.0. The lowest BCUT2D eigenvalue weighted by Crippen LogP contribution is -2.47. The Labute approximate surface area is 127 Å². The van der Waals surface area contributed by atoms with Crippen molar-refractivity contribution in [1.82, 2.24) is 9.80 Å². The number of primary sulfonamides is 1. The summed E-state index contributed by atoms with van der Waals surface area (Å²) in [4.78, 5) is 4.61. The van der Waals surface area contributed by atoms with Gasteiger partial charge in [-0.05, 0) is 17.5 Å². The Kier molecular flexibility index (Phi) is 5.75. The van der Waals surface area contributed by atoms with Crippen molar-refractivity contribution in [3.63, 3.8) is 0 Å². The van der Waals surface area contributed by atoms with Gasteiger partial charge in [0.2, 0.25) is 10.0 Å². The van der Waals surface area contributed by atoms with E-state index in [9.17, 15) is 8.42 Å². The maximum atomic E-state index is 11.0. The first-order valence-electron chi connectivity index (χ1n) is 7.50. The molecular weight excluding hydrogens is 286 g/mol. The zero-order valence-corrected chi connectivity index (χ0v) is 13.5. The van der Waals surface area contributed by atoms with E-state index in [0.29, 0.717) is 6.54 Å². The Balaban J connectivity index is 1.81. The fourth-order valence-electron chi connectivity index (χ4n) is 2.72. The SMILES string of the molecule is CCc1ccccc1CN1CCN(CCS(N)(=O)=O)CC1. The second kappa shape index (κ2) is 7.35. The summed E-state index contributed by atoms with van der Waals surface area (Å²) in [6.07, 6.45) is 1.06. The average molecular weight is 311 g/mol. The molecule has 0 atom stereocenters. The van der Waals surface area contributed by atoms with Crippen LogP contribution >= 0.6 is 0 Å². The Morgan fingerprint density at radius 1 is 1.05 bits per heavy atom. The predicted molar refractivity (Wildman–Crippen MR) is 85.5 cm³/mol. The molecule has 0 bridgehead atoms. The highest BCUT2D eigenvalue weighted by atomic mass is 32.2. The van der Waals surface area contributed by atoms with E-state index in [0.717, 1.165) is 39.1 Å². The molecule has 21 heavy (non-hydrogen) atoms. The molecule has 1 aromatic rings. The third-order valence-electron chi connectivity index (χ3n) is 4.05. The smallest absolute Gasteiger partial charge is 0.210 e. The van der Waals surface area contributed by atoms with E-state index in [2.05, 4.69) is 41.0 Å². The topological polar surface area (TPSA) is 66.6 Å². The van der Waals surface area contributed by atoms with E-state index in [4.69, 9.17) is 5.14 Å². The van der Waals surface area contributed by atoms with Crippen LogP contribution in [-0.2, 0) is 23.0 Å². The number of hydrogen-bond donors (Lipinski definition) is 1. The minimum atomic E-state index is -3.35. The number of hydrogen-bond acceptors (Lipinski definition) is 4. The normalized spacial score (nSPS) is 18.0. The van der Waals surface area contributed by atoms with E-state index in [1.165, 1.54) is 11.1 Å². The summed E-state index contributed by atoms with van der Waals surface area (Å²) in [5.74, 6) is 0.0473. The molecule has 0 spiro atoms. The molecule has 0 unspecified atom stereocenters. The van der Waals surface area contributed by atoms with Crippen LogP contribution in [0.2, 0.25) is 0 Å². The number of nitrogens with two attached hydrogens (primary N) is 1. The van der Waals surface area contributed by atoms with Gasteiger partial charge in [-0.15, -0.1) is 0 Å². The molecule has 0 aromatic heterocycles. The largest absolute Gasteiger partial charge is 0.300 e. The quantitative estimate of drug-likeness (QED) is 0.838. The highest BCUT2D eigenvalue weighted by molar-refractivity contribution is 7.89. The summed E-state index contributed by atoms with van der Waals surface area (Å²) >= 11 is 0. The van der Waals surface area contributed by atoms with Gasteiger partial charge in [-0.2, -0.15) is 0 Å². The lowest BCUT2D eigenvalue weighted by atomic mass is 10.0. The van der Waals surface area contributed by atoms with Crippen LogP contribution in [0, 0.1) is 0 Å². The first kappa shape index (κ1) is 16.4. The summed E-state index contributed by atoms with van der Waals surface area (Å²) in [7, 11) is -3.35. The number of nitrogens with zero attached hydrogens (tertiary/aromatic N) is 2. The highest BCUT2D eigenvalue weighted by Crippen LogP contribution is 2.14. The van der Waals surface area contributed by atoms with Crippen LogP contribution in [0.1, 0.15) is 18.1 Å². The molecule has 1 aliphatic rings. The minimum Gasteiger partial charge on any atom is -0.300 e. The summed E-state index contributed by atoms with van der Waals surface area (Å²) < 4.78 is 22.0.